The van der Waals surface area contributed by atoms with Gasteiger partial charge < -0.3 is 5.32 Å². The van der Waals surface area contributed by atoms with Crippen LogP contribution in [0.15, 0.2) is 22.7 Å². The molecule has 1 unspecified atom stereocenters. The quantitative estimate of drug-likeness (QED) is 0.869. The van der Waals surface area contributed by atoms with E-state index in [2.05, 4.69) is 31.4 Å². The Labute approximate surface area is 124 Å². The van der Waals surface area contributed by atoms with Crippen LogP contribution in [0.4, 0.5) is 8.78 Å². The molecule has 0 saturated heterocycles. The average Bonchev–Trinajstić information content (AvgIpc) is 2.42. The number of nitrogens with zero attached hydrogens (tertiary/aromatic N) is 2. The van der Waals surface area contributed by atoms with Crippen LogP contribution in [0.3, 0.4) is 0 Å². The Balaban J connectivity index is 2.64. The number of benzene rings is 1. The molecule has 0 spiro atoms. The highest BCUT2D eigenvalue weighted by molar-refractivity contribution is 9.10. The van der Waals surface area contributed by atoms with Crippen molar-refractivity contribution < 1.29 is 8.78 Å². The smallest absolute Gasteiger partial charge is 0.145 e. The van der Waals surface area contributed by atoms with Crippen LogP contribution in [0.25, 0.3) is 0 Å². The van der Waals surface area contributed by atoms with E-state index in [0.29, 0.717) is 17.0 Å². The van der Waals surface area contributed by atoms with Gasteiger partial charge in [0, 0.05) is 5.56 Å². The molecule has 2 rings (SSSR count). The monoisotopic (exact) mass is 341 g/mol. The van der Waals surface area contributed by atoms with Gasteiger partial charge in [-0.15, -0.1) is 0 Å². The Kier molecular flexibility index (Phi) is 4.45. The normalized spacial score (nSPS) is 12.5. The lowest BCUT2D eigenvalue weighted by molar-refractivity contribution is 0.516. The molecule has 0 bridgehead atoms. The molecule has 3 nitrogen and oxygen atoms in total. The summed E-state index contributed by atoms with van der Waals surface area (Å²) in [6, 6.07) is 3.75. The summed E-state index contributed by atoms with van der Waals surface area (Å²) in [6.07, 6.45) is 0. The lowest BCUT2D eigenvalue weighted by Gasteiger charge is -2.20. The maximum Gasteiger partial charge on any atom is 0.145 e. The molecule has 1 atom stereocenters. The van der Waals surface area contributed by atoms with E-state index in [1.807, 2.05) is 0 Å². The van der Waals surface area contributed by atoms with E-state index >= 15 is 0 Å². The van der Waals surface area contributed by atoms with E-state index in [1.165, 1.54) is 12.1 Å². The summed E-state index contributed by atoms with van der Waals surface area (Å²) < 4.78 is 28.5. The Morgan fingerprint density at radius 1 is 1.20 bits per heavy atom. The van der Waals surface area contributed by atoms with Gasteiger partial charge in [0.25, 0.3) is 0 Å². The Morgan fingerprint density at radius 2 is 1.90 bits per heavy atom. The van der Waals surface area contributed by atoms with Crippen molar-refractivity contribution in [3.05, 3.63) is 56.8 Å². The third kappa shape index (κ3) is 2.71. The summed E-state index contributed by atoms with van der Waals surface area (Å²) in [5.74, 6) is -1.21. The first-order valence-electron chi connectivity index (χ1n) is 6.07. The van der Waals surface area contributed by atoms with E-state index < -0.39 is 17.7 Å². The van der Waals surface area contributed by atoms with Gasteiger partial charge in [0.05, 0.1) is 21.9 Å². The standard InChI is InChI=1S/C14H14BrF2N3/c1-7-6-9(8(2)20-19-7)14(18-3)12-11(16)5-4-10(15)13(12)17/h4-6,14,18H,1-3H3. The summed E-state index contributed by atoms with van der Waals surface area (Å²) in [5, 5.41) is 10.9. The van der Waals surface area contributed by atoms with Crippen LogP contribution in [0.5, 0.6) is 0 Å². The van der Waals surface area contributed by atoms with Crippen molar-refractivity contribution in [2.45, 2.75) is 19.9 Å². The molecule has 106 valence electrons. The predicted octanol–water partition coefficient (Wildman–Crippen LogP) is 3.44. The second-order valence-corrected chi connectivity index (χ2v) is 5.36. The minimum absolute atomic E-state index is 0.0302. The minimum Gasteiger partial charge on any atom is -0.309 e. The number of hydrogen-bond donors (Lipinski definition) is 1. The van der Waals surface area contributed by atoms with Crippen LogP contribution < -0.4 is 5.32 Å². The Bertz CT molecular complexity index is 647. The number of rotatable bonds is 3. The topological polar surface area (TPSA) is 37.8 Å². The largest absolute Gasteiger partial charge is 0.309 e. The van der Waals surface area contributed by atoms with E-state index in [4.69, 9.17) is 0 Å². The summed E-state index contributed by atoms with van der Waals surface area (Å²) in [6.45, 7) is 3.55. The van der Waals surface area contributed by atoms with Gasteiger partial charge in [-0.3, -0.25) is 0 Å². The highest BCUT2D eigenvalue weighted by Crippen LogP contribution is 2.31. The maximum atomic E-state index is 14.3. The molecule has 0 radical (unpaired) electrons. The third-order valence-corrected chi connectivity index (χ3v) is 3.72. The Hall–Kier alpha value is -1.40. The molecule has 0 aliphatic rings. The summed E-state index contributed by atoms with van der Waals surface area (Å²) in [5.41, 5.74) is 2.00. The van der Waals surface area contributed by atoms with Gasteiger partial charge in [-0.05, 0) is 60.6 Å². The number of aromatic nitrogens is 2. The second-order valence-electron chi connectivity index (χ2n) is 4.51. The van der Waals surface area contributed by atoms with Crippen molar-refractivity contribution in [2.24, 2.45) is 0 Å². The molecular formula is C14H14BrF2N3. The van der Waals surface area contributed by atoms with E-state index in [9.17, 15) is 8.78 Å². The molecule has 6 heteroatoms. The number of aryl methyl sites for hydroxylation is 2. The van der Waals surface area contributed by atoms with Crippen molar-refractivity contribution >= 4 is 15.9 Å². The zero-order valence-corrected chi connectivity index (χ0v) is 12.9. The summed E-state index contributed by atoms with van der Waals surface area (Å²) >= 11 is 3.09. The molecule has 0 aliphatic carbocycles. The third-order valence-electron chi connectivity index (χ3n) is 3.11. The molecule has 0 amide bonds. The molecule has 2 aromatic rings. The van der Waals surface area contributed by atoms with Gasteiger partial charge in [0.1, 0.15) is 11.6 Å². The van der Waals surface area contributed by atoms with Crippen molar-refractivity contribution in [3.63, 3.8) is 0 Å². The maximum absolute atomic E-state index is 14.3. The minimum atomic E-state index is -0.623. The highest BCUT2D eigenvalue weighted by Gasteiger charge is 2.24. The number of nitrogens with one attached hydrogen (secondary N) is 1. The fourth-order valence-corrected chi connectivity index (χ4v) is 2.47. The zero-order valence-electron chi connectivity index (χ0n) is 11.3. The van der Waals surface area contributed by atoms with Crippen molar-refractivity contribution in [2.75, 3.05) is 7.05 Å². The first kappa shape index (κ1) is 15.0. The highest BCUT2D eigenvalue weighted by atomic mass is 79.9. The molecule has 0 aliphatic heterocycles. The van der Waals surface area contributed by atoms with Crippen LogP contribution in [0.2, 0.25) is 0 Å². The summed E-state index contributed by atoms with van der Waals surface area (Å²) in [7, 11) is 1.65. The lowest BCUT2D eigenvalue weighted by atomic mass is 9.96. The van der Waals surface area contributed by atoms with E-state index in [1.54, 1.807) is 27.0 Å². The molecule has 20 heavy (non-hydrogen) atoms. The second kappa shape index (κ2) is 5.93. The van der Waals surface area contributed by atoms with E-state index in [-0.39, 0.29) is 10.0 Å². The van der Waals surface area contributed by atoms with Crippen molar-refractivity contribution in [3.8, 4) is 0 Å². The van der Waals surface area contributed by atoms with Crippen LogP contribution in [-0.4, -0.2) is 17.2 Å². The van der Waals surface area contributed by atoms with Gasteiger partial charge in [0.15, 0.2) is 0 Å². The molecule has 1 heterocycles. The van der Waals surface area contributed by atoms with Crippen molar-refractivity contribution in [1.29, 1.82) is 0 Å². The predicted molar refractivity (Wildman–Crippen MR) is 76.5 cm³/mol. The van der Waals surface area contributed by atoms with Gasteiger partial charge in [-0.25, -0.2) is 8.78 Å². The molecule has 0 saturated carbocycles. The molecular weight excluding hydrogens is 328 g/mol. The lowest BCUT2D eigenvalue weighted by Crippen LogP contribution is -2.22. The average molecular weight is 342 g/mol. The fraction of sp³-hybridized carbons (Fsp3) is 0.286. The van der Waals surface area contributed by atoms with Crippen LogP contribution in [0, 0.1) is 25.5 Å². The van der Waals surface area contributed by atoms with Crippen LogP contribution >= 0.6 is 15.9 Å². The molecule has 1 N–H and O–H groups in total. The SMILES string of the molecule is CNC(c1cc(C)nnc1C)c1c(F)ccc(Br)c1F. The van der Waals surface area contributed by atoms with Gasteiger partial charge >= 0.3 is 0 Å². The first-order valence-corrected chi connectivity index (χ1v) is 6.86. The van der Waals surface area contributed by atoms with Crippen LogP contribution in [-0.2, 0) is 0 Å². The first-order chi connectivity index (χ1) is 9.45. The molecule has 1 aromatic carbocycles. The summed E-state index contributed by atoms with van der Waals surface area (Å²) in [4.78, 5) is 0. The Morgan fingerprint density at radius 3 is 2.55 bits per heavy atom. The van der Waals surface area contributed by atoms with Gasteiger partial charge in [0.2, 0.25) is 0 Å². The van der Waals surface area contributed by atoms with Gasteiger partial charge in [-0.2, -0.15) is 10.2 Å². The van der Waals surface area contributed by atoms with Crippen LogP contribution in [0.1, 0.15) is 28.6 Å². The number of hydrogen-bond acceptors (Lipinski definition) is 3. The van der Waals surface area contributed by atoms with E-state index in [0.717, 1.165) is 0 Å². The zero-order chi connectivity index (χ0) is 14.9. The van der Waals surface area contributed by atoms with Gasteiger partial charge in [-0.1, -0.05) is 0 Å². The number of halogens is 3. The molecule has 0 fully saturated rings. The van der Waals surface area contributed by atoms with Crippen molar-refractivity contribution in [1.82, 2.24) is 15.5 Å². The fourth-order valence-electron chi connectivity index (χ4n) is 2.12. The molecule has 1 aromatic heterocycles.